The molecule has 0 aromatic heterocycles. The third-order valence-electron chi connectivity index (χ3n) is 2.86. The Bertz CT molecular complexity index is 345. The van der Waals surface area contributed by atoms with Crippen molar-refractivity contribution in [3.63, 3.8) is 0 Å². The summed E-state index contributed by atoms with van der Waals surface area (Å²) in [5, 5.41) is 9.21. The van der Waals surface area contributed by atoms with E-state index in [2.05, 4.69) is 6.58 Å². The van der Waals surface area contributed by atoms with Gasteiger partial charge in [-0.25, -0.2) is 0 Å². The van der Waals surface area contributed by atoms with E-state index in [4.69, 9.17) is 9.47 Å². The van der Waals surface area contributed by atoms with Gasteiger partial charge in [0, 0.05) is 5.41 Å². The summed E-state index contributed by atoms with van der Waals surface area (Å²) in [6.07, 6.45) is 2.50. The molecule has 0 spiro atoms. The second-order valence-electron chi connectivity index (χ2n) is 4.29. The van der Waals surface area contributed by atoms with E-state index in [0.29, 0.717) is 6.61 Å². The van der Waals surface area contributed by atoms with Crippen LogP contribution in [0.5, 0.6) is 11.5 Å². The fraction of sp³-hybridized carbons (Fsp3) is 0.429. The molecule has 1 aromatic rings. The Balaban J connectivity index is 2.42. The minimum atomic E-state index is -0.271. The number of hydrogen-bond acceptors (Lipinski definition) is 3. The zero-order chi connectivity index (χ0) is 12.7. The second-order valence-corrected chi connectivity index (χ2v) is 4.29. The van der Waals surface area contributed by atoms with Crippen molar-refractivity contribution in [2.24, 2.45) is 5.41 Å². The van der Waals surface area contributed by atoms with Crippen molar-refractivity contribution < 1.29 is 14.6 Å². The zero-order valence-electron chi connectivity index (χ0n) is 10.5. The first-order chi connectivity index (χ1) is 8.13. The maximum atomic E-state index is 9.21. The van der Waals surface area contributed by atoms with Crippen molar-refractivity contribution in [1.29, 1.82) is 0 Å². The Hall–Kier alpha value is -1.48. The second kappa shape index (κ2) is 6.30. The molecular formula is C14H20O3. The van der Waals surface area contributed by atoms with Gasteiger partial charge in [0.25, 0.3) is 0 Å². The first kappa shape index (κ1) is 13.6. The average Bonchev–Trinajstić information content (AvgIpc) is 2.39. The van der Waals surface area contributed by atoms with Gasteiger partial charge in [-0.15, -0.1) is 6.58 Å². The minimum Gasteiger partial charge on any atom is -0.497 e. The lowest BCUT2D eigenvalue weighted by molar-refractivity contribution is 0.151. The molecule has 0 saturated heterocycles. The summed E-state index contributed by atoms with van der Waals surface area (Å²) in [6.45, 7) is 6.31. The number of rotatable bonds is 7. The first-order valence-corrected chi connectivity index (χ1v) is 5.65. The monoisotopic (exact) mass is 236 g/mol. The number of aliphatic hydroxyl groups excluding tert-OH is 1. The highest BCUT2D eigenvalue weighted by Gasteiger charge is 2.18. The van der Waals surface area contributed by atoms with Crippen molar-refractivity contribution in [2.75, 3.05) is 20.3 Å². The third-order valence-corrected chi connectivity index (χ3v) is 2.86. The topological polar surface area (TPSA) is 38.7 Å². The van der Waals surface area contributed by atoms with Crippen LogP contribution >= 0.6 is 0 Å². The SMILES string of the molecule is C=CC(C)(CO)CCOc1ccc(OC)cc1. The van der Waals surface area contributed by atoms with Gasteiger partial charge in [-0.1, -0.05) is 13.0 Å². The molecular weight excluding hydrogens is 216 g/mol. The Morgan fingerprint density at radius 1 is 1.29 bits per heavy atom. The van der Waals surface area contributed by atoms with Crippen LogP contribution in [0.3, 0.4) is 0 Å². The van der Waals surface area contributed by atoms with Crippen LogP contribution < -0.4 is 9.47 Å². The van der Waals surface area contributed by atoms with Crippen molar-refractivity contribution in [3.05, 3.63) is 36.9 Å². The predicted octanol–water partition coefficient (Wildman–Crippen LogP) is 2.65. The summed E-state index contributed by atoms with van der Waals surface area (Å²) in [6, 6.07) is 7.44. The average molecular weight is 236 g/mol. The van der Waals surface area contributed by atoms with Crippen LogP contribution in [0, 0.1) is 5.41 Å². The summed E-state index contributed by atoms with van der Waals surface area (Å²) in [4.78, 5) is 0. The molecule has 0 aliphatic heterocycles. The summed E-state index contributed by atoms with van der Waals surface area (Å²) in [5.41, 5.74) is -0.271. The van der Waals surface area contributed by atoms with Crippen LogP contribution in [-0.2, 0) is 0 Å². The van der Waals surface area contributed by atoms with Gasteiger partial charge in [0.15, 0.2) is 0 Å². The van der Waals surface area contributed by atoms with Crippen molar-refractivity contribution in [2.45, 2.75) is 13.3 Å². The highest BCUT2D eigenvalue weighted by molar-refractivity contribution is 5.31. The number of aliphatic hydroxyl groups is 1. The fourth-order valence-corrected chi connectivity index (χ4v) is 1.32. The quantitative estimate of drug-likeness (QED) is 0.740. The summed E-state index contributed by atoms with van der Waals surface area (Å²) < 4.78 is 10.7. The van der Waals surface area contributed by atoms with E-state index in [0.717, 1.165) is 17.9 Å². The summed E-state index contributed by atoms with van der Waals surface area (Å²) >= 11 is 0. The van der Waals surface area contributed by atoms with Crippen LogP contribution in [0.25, 0.3) is 0 Å². The molecule has 94 valence electrons. The van der Waals surface area contributed by atoms with Gasteiger partial charge in [0.2, 0.25) is 0 Å². The molecule has 0 amide bonds. The van der Waals surface area contributed by atoms with Gasteiger partial charge in [0.05, 0.1) is 20.3 Å². The molecule has 1 unspecified atom stereocenters. The van der Waals surface area contributed by atoms with Gasteiger partial charge in [0.1, 0.15) is 11.5 Å². The molecule has 1 atom stereocenters. The highest BCUT2D eigenvalue weighted by Crippen LogP contribution is 2.23. The number of benzene rings is 1. The Morgan fingerprint density at radius 2 is 1.88 bits per heavy atom. The van der Waals surface area contributed by atoms with Crippen LogP contribution in [0.1, 0.15) is 13.3 Å². The highest BCUT2D eigenvalue weighted by atomic mass is 16.5. The molecule has 0 heterocycles. The van der Waals surface area contributed by atoms with Crippen LogP contribution in [0.2, 0.25) is 0 Å². The molecule has 3 heteroatoms. The van der Waals surface area contributed by atoms with Gasteiger partial charge in [-0.3, -0.25) is 0 Å². The lowest BCUT2D eigenvalue weighted by Gasteiger charge is -2.22. The fourth-order valence-electron chi connectivity index (χ4n) is 1.32. The van der Waals surface area contributed by atoms with E-state index in [-0.39, 0.29) is 12.0 Å². The van der Waals surface area contributed by atoms with E-state index in [1.54, 1.807) is 13.2 Å². The molecule has 0 aliphatic rings. The third kappa shape index (κ3) is 4.11. The Morgan fingerprint density at radius 3 is 2.35 bits per heavy atom. The van der Waals surface area contributed by atoms with E-state index in [1.165, 1.54) is 0 Å². The molecule has 1 N–H and O–H groups in total. The summed E-state index contributed by atoms with van der Waals surface area (Å²) in [7, 11) is 1.63. The molecule has 0 saturated carbocycles. The van der Waals surface area contributed by atoms with Crippen LogP contribution in [-0.4, -0.2) is 25.4 Å². The van der Waals surface area contributed by atoms with Gasteiger partial charge in [-0.05, 0) is 30.7 Å². The molecule has 1 rings (SSSR count). The normalized spacial score (nSPS) is 13.8. The van der Waals surface area contributed by atoms with Crippen molar-refractivity contribution >= 4 is 0 Å². The van der Waals surface area contributed by atoms with E-state index < -0.39 is 0 Å². The Labute approximate surface area is 103 Å². The number of hydrogen-bond donors (Lipinski definition) is 1. The number of methoxy groups -OCH3 is 1. The smallest absolute Gasteiger partial charge is 0.119 e. The first-order valence-electron chi connectivity index (χ1n) is 5.65. The van der Waals surface area contributed by atoms with Crippen molar-refractivity contribution in [3.8, 4) is 11.5 Å². The van der Waals surface area contributed by atoms with Crippen molar-refractivity contribution in [1.82, 2.24) is 0 Å². The molecule has 1 aromatic carbocycles. The van der Waals surface area contributed by atoms with Crippen LogP contribution in [0.15, 0.2) is 36.9 Å². The van der Waals surface area contributed by atoms with Gasteiger partial charge >= 0.3 is 0 Å². The molecule has 17 heavy (non-hydrogen) atoms. The summed E-state index contributed by atoms with van der Waals surface area (Å²) in [5.74, 6) is 1.61. The maximum absolute atomic E-state index is 9.21. The number of ether oxygens (including phenoxy) is 2. The van der Waals surface area contributed by atoms with Gasteiger partial charge in [-0.2, -0.15) is 0 Å². The van der Waals surface area contributed by atoms with E-state index >= 15 is 0 Å². The largest absolute Gasteiger partial charge is 0.497 e. The van der Waals surface area contributed by atoms with Crippen LogP contribution in [0.4, 0.5) is 0 Å². The van der Waals surface area contributed by atoms with E-state index in [9.17, 15) is 5.11 Å². The maximum Gasteiger partial charge on any atom is 0.119 e. The zero-order valence-corrected chi connectivity index (χ0v) is 10.5. The van der Waals surface area contributed by atoms with Gasteiger partial charge < -0.3 is 14.6 Å². The lowest BCUT2D eigenvalue weighted by atomic mass is 9.88. The lowest BCUT2D eigenvalue weighted by Crippen LogP contribution is -2.21. The van der Waals surface area contributed by atoms with E-state index in [1.807, 2.05) is 31.2 Å². The predicted molar refractivity (Wildman–Crippen MR) is 68.5 cm³/mol. The molecule has 0 fully saturated rings. The standard InChI is InChI=1S/C14H20O3/c1-4-14(2,11-15)9-10-17-13-7-5-12(16-3)6-8-13/h4-8,15H,1,9-11H2,2-3H3. The molecule has 0 radical (unpaired) electrons. The molecule has 0 aliphatic carbocycles. The minimum absolute atomic E-state index is 0.0858. The Kier molecular flexibility index (Phi) is 5.04. The molecule has 3 nitrogen and oxygen atoms in total. The molecule has 0 bridgehead atoms.